The Kier molecular flexibility index (Phi) is 3.19. The summed E-state index contributed by atoms with van der Waals surface area (Å²) in [5.74, 6) is -0.561. The molecule has 1 amide bonds. The average molecular weight is 280 g/mol. The van der Waals surface area contributed by atoms with Crippen LogP contribution in [0.2, 0.25) is 0 Å². The topological polar surface area (TPSA) is 87.7 Å². The summed E-state index contributed by atoms with van der Waals surface area (Å²) < 4.78 is 0. The minimum absolute atomic E-state index is 0.166. The normalized spacial score (nSPS) is 10.5. The van der Waals surface area contributed by atoms with Crippen LogP contribution in [0.4, 0.5) is 5.69 Å². The van der Waals surface area contributed by atoms with Crippen molar-refractivity contribution < 1.29 is 4.79 Å². The van der Waals surface area contributed by atoms with E-state index >= 15 is 0 Å². The van der Waals surface area contributed by atoms with Gasteiger partial charge in [0.2, 0.25) is 5.43 Å². The number of nitrogens with zero attached hydrogens (tertiary/aromatic N) is 2. The van der Waals surface area contributed by atoms with Crippen molar-refractivity contribution in [1.82, 2.24) is 15.2 Å². The number of fused-ring (bicyclic) bond motifs is 1. The molecule has 6 nitrogen and oxygen atoms in total. The molecule has 0 unspecified atom stereocenters. The number of aromatic nitrogens is 3. The number of aromatic amines is 1. The smallest absolute Gasteiger partial charge is 0.280 e. The summed E-state index contributed by atoms with van der Waals surface area (Å²) >= 11 is 0. The highest BCUT2D eigenvalue weighted by atomic mass is 16.2. The summed E-state index contributed by atoms with van der Waals surface area (Å²) in [5.41, 5.74) is 1.36. The molecule has 0 aliphatic heterocycles. The molecule has 0 fully saturated rings. The highest BCUT2D eigenvalue weighted by Crippen LogP contribution is 2.12. The van der Waals surface area contributed by atoms with Gasteiger partial charge in [0.25, 0.3) is 5.91 Å². The van der Waals surface area contributed by atoms with Gasteiger partial charge in [-0.2, -0.15) is 5.10 Å². The molecule has 0 bridgehead atoms. The molecule has 3 rings (SSSR count). The van der Waals surface area contributed by atoms with E-state index in [2.05, 4.69) is 20.5 Å². The summed E-state index contributed by atoms with van der Waals surface area (Å²) in [6, 6.07) is 8.77. The number of pyridine rings is 1. The quantitative estimate of drug-likeness (QED) is 0.750. The number of anilines is 1. The fourth-order valence-corrected chi connectivity index (χ4v) is 2.13. The molecule has 0 saturated carbocycles. The first kappa shape index (κ1) is 13.0. The first-order valence-corrected chi connectivity index (χ1v) is 6.36. The van der Waals surface area contributed by atoms with Gasteiger partial charge in [0.05, 0.1) is 22.8 Å². The lowest BCUT2D eigenvalue weighted by Gasteiger charge is -2.05. The Hall–Kier alpha value is -3.02. The second kappa shape index (κ2) is 5.16. The van der Waals surface area contributed by atoms with Gasteiger partial charge in [-0.3, -0.25) is 19.7 Å². The molecule has 0 radical (unpaired) electrons. The molecule has 2 N–H and O–H groups in total. The van der Waals surface area contributed by atoms with Crippen LogP contribution in [0.15, 0.2) is 47.5 Å². The van der Waals surface area contributed by atoms with Gasteiger partial charge in [-0.05, 0) is 30.7 Å². The molecule has 21 heavy (non-hydrogen) atoms. The maximum Gasteiger partial charge on any atom is 0.280 e. The predicted octanol–water partition coefficient (Wildman–Crippen LogP) is 1.88. The number of hydrogen-bond acceptors (Lipinski definition) is 4. The number of aryl methyl sites for hydroxylation is 1. The second-order valence-corrected chi connectivity index (χ2v) is 4.59. The Morgan fingerprint density at radius 2 is 2.10 bits per heavy atom. The third-order valence-electron chi connectivity index (χ3n) is 3.14. The number of hydrogen-bond donors (Lipinski definition) is 2. The molecule has 3 aromatic rings. The number of H-pyrrole nitrogens is 1. The van der Waals surface area contributed by atoms with E-state index in [0.29, 0.717) is 16.6 Å². The number of nitrogens with one attached hydrogen (secondary N) is 2. The van der Waals surface area contributed by atoms with Crippen molar-refractivity contribution in [2.75, 3.05) is 5.32 Å². The molecule has 0 spiro atoms. The number of amides is 1. The lowest BCUT2D eigenvalue weighted by Crippen LogP contribution is -2.24. The van der Waals surface area contributed by atoms with Crippen LogP contribution in [-0.4, -0.2) is 21.1 Å². The largest absolute Gasteiger partial charge is 0.319 e. The van der Waals surface area contributed by atoms with Gasteiger partial charge in [0.15, 0.2) is 5.69 Å². The average Bonchev–Trinajstić information content (AvgIpc) is 2.48. The molecule has 6 heteroatoms. The number of carbonyl (C=O) groups excluding carboxylic acids is 1. The van der Waals surface area contributed by atoms with Crippen LogP contribution < -0.4 is 10.7 Å². The highest BCUT2D eigenvalue weighted by molar-refractivity contribution is 6.04. The van der Waals surface area contributed by atoms with Gasteiger partial charge in [0.1, 0.15) is 0 Å². The Balaban J connectivity index is 2.05. The molecule has 0 atom stereocenters. The predicted molar refractivity (Wildman–Crippen MR) is 79.3 cm³/mol. The molecular formula is C15H12N4O2. The van der Waals surface area contributed by atoms with Crippen molar-refractivity contribution >= 4 is 22.5 Å². The molecule has 1 aromatic carbocycles. The Morgan fingerprint density at radius 3 is 2.86 bits per heavy atom. The summed E-state index contributed by atoms with van der Waals surface area (Å²) in [7, 11) is 0. The lowest BCUT2D eigenvalue weighted by atomic mass is 10.1. The zero-order valence-electron chi connectivity index (χ0n) is 11.3. The molecule has 0 aliphatic carbocycles. The lowest BCUT2D eigenvalue weighted by molar-refractivity contribution is 0.102. The molecule has 0 saturated heterocycles. The zero-order valence-corrected chi connectivity index (χ0v) is 11.3. The van der Waals surface area contributed by atoms with E-state index in [1.165, 1.54) is 6.20 Å². The maximum absolute atomic E-state index is 12.4. The Bertz CT molecular complexity index is 872. The van der Waals surface area contributed by atoms with Crippen LogP contribution in [0.25, 0.3) is 10.9 Å². The highest BCUT2D eigenvalue weighted by Gasteiger charge is 2.16. The second-order valence-electron chi connectivity index (χ2n) is 4.59. The molecule has 104 valence electrons. The molecule has 0 aliphatic rings. The van der Waals surface area contributed by atoms with Crippen molar-refractivity contribution in [3.05, 3.63) is 64.2 Å². The van der Waals surface area contributed by atoms with Gasteiger partial charge in [-0.25, -0.2) is 0 Å². The Morgan fingerprint density at radius 1 is 1.24 bits per heavy atom. The van der Waals surface area contributed by atoms with E-state index in [-0.39, 0.29) is 11.1 Å². The van der Waals surface area contributed by atoms with Crippen LogP contribution >= 0.6 is 0 Å². The Labute approximate surface area is 119 Å². The van der Waals surface area contributed by atoms with Crippen molar-refractivity contribution in [2.45, 2.75) is 6.92 Å². The first-order chi connectivity index (χ1) is 10.2. The van der Waals surface area contributed by atoms with Gasteiger partial charge in [0, 0.05) is 6.20 Å². The van der Waals surface area contributed by atoms with E-state index < -0.39 is 5.91 Å². The van der Waals surface area contributed by atoms with Crippen LogP contribution in [0, 0.1) is 6.92 Å². The molecular weight excluding hydrogens is 268 g/mol. The number of benzene rings is 1. The van der Waals surface area contributed by atoms with Gasteiger partial charge >= 0.3 is 0 Å². The standard InChI is InChI=1S/C15H12N4O2/c1-9-4-2-6-11-12(9)14(20)13(19-18-11)15(21)17-10-5-3-7-16-8-10/h2-8H,1H3,(H,17,21)(H,18,20). The van der Waals surface area contributed by atoms with E-state index in [1.807, 2.05) is 19.1 Å². The van der Waals surface area contributed by atoms with Crippen LogP contribution in [0.5, 0.6) is 0 Å². The van der Waals surface area contributed by atoms with Crippen LogP contribution in [-0.2, 0) is 0 Å². The van der Waals surface area contributed by atoms with Crippen molar-refractivity contribution in [1.29, 1.82) is 0 Å². The van der Waals surface area contributed by atoms with E-state index in [4.69, 9.17) is 0 Å². The first-order valence-electron chi connectivity index (χ1n) is 6.36. The van der Waals surface area contributed by atoms with E-state index in [1.54, 1.807) is 24.4 Å². The van der Waals surface area contributed by atoms with Gasteiger partial charge in [-0.1, -0.05) is 12.1 Å². The third kappa shape index (κ3) is 2.38. The molecule has 2 aromatic heterocycles. The monoisotopic (exact) mass is 280 g/mol. The third-order valence-corrected chi connectivity index (χ3v) is 3.14. The van der Waals surface area contributed by atoms with Crippen molar-refractivity contribution in [3.63, 3.8) is 0 Å². The van der Waals surface area contributed by atoms with Gasteiger partial charge in [-0.15, -0.1) is 0 Å². The minimum atomic E-state index is -0.561. The molecule has 2 heterocycles. The number of rotatable bonds is 2. The van der Waals surface area contributed by atoms with E-state index in [0.717, 1.165) is 5.56 Å². The number of carbonyl (C=O) groups is 1. The van der Waals surface area contributed by atoms with Crippen LogP contribution in [0.3, 0.4) is 0 Å². The van der Waals surface area contributed by atoms with Gasteiger partial charge < -0.3 is 5.32 Å². The summed E-state index contributed by atoms with van der Waals surface area (Å²) in [6.07, 6.45) is 3.10. The van der Waals surface area contributed by atoms with Crippen molar-refractivity contribution in [2.24, 2.45) is 0 Å². The van der Waals surface area contributed by atoms with Crippen LogP contribution in [0.1, 0.15) is 16.1 Å². The SMILES string of the molecule is Cc1cccc2[nH]nc(C(=O)Nc3cccnc3)c(=O)c12. The van der Waals surface area contributed by atoms with Crippen molar-refractivity contribution in [3.8, 4) is 0 Å². The van der Waals surface area contributed by atoms with E-state index in [9.17, 15) is 9.59 Å². The minimum Gasteiger partial charge on any atom is -0.319 e. The summed E-state index contributed by atoms with van der Waals surface area (Å²) in [5, 5.41) is 9.69. The maximum atomic E-state index is 12.4. The zero-order chi connectivity index (χ0) is 14.8. The fourth-order valence-electron chi connectivity index (χ4n) is 2.13. The fraction of sp³-hybridized carbons (Fsp3) is 0.0667. The summed E-state index contributed by atoms with van der Waals surface area (Å²) in [4.78, 5) is 28.5. The summed E-state index contributed by atoms with van der Waals surface area (Å²) in [6.45, 7) is 1.82.